The molecule has 20 heavy (non-hydrogen) atoms. The van der Waals surface area contributed by atoms with Gasteiger partial charge < -0.3 is 4.74 Å². The van der Waals surface area contributed by atoms with Crippen LogP contribution in [0.3, 0.4) is 0 Å². The first-order valence-corrected chi connectivity index (χ1v) is 7.06. The molecule has 3 nitrogen and oxygen atoms in total. The van der Waals surface area contributed by atoms with Crippen LogP contribution in [0.5, 0.6) is 0 Å². The molecule has 0 spiro atoms. The van der Waals surface area contributed by atoms with Crippen molar-refractivity contribution in [2.45, 2.75) is 26.4 Å². The van der Waals surface area contributed by atoms with Gasteiger partial charge in [0.15, 0.2) is 0 Å². The quantitative estimate of drug-likeness (QED) is 0.755. The molecule has 0 aliphatic heterocycles. The van der Waals surface area contributed by atoms with Gasteiger partial charge in [0.25, 0.3) is 0 Å². The number of rotatable bonds is 6. The minimum Gasteiger partial charge on any atom is -0.460 e. The molecule has 0 radical (unpaired) electrons. The summed E-state index contributed by atoms with van der Waals surface area (Å²) in [5.74, 6) is -0.474. The molecule has 0 aliphatic rings. The fourth-order valence-corrected chi connectivity index (χ4v) is 2.73. The van der Waals surface area contributed by atoms with E-state index < -0.39 is 18.7 Å². The van der Waals surface area contributed by atoms with E-state index in [9.17, 15) is 18.0 Å². The predicted octanol–water partition coefficient (Wildman–Crippen LogP) is 3.27. The van der Waals surface area contributed by atoms with Crippen molar-refractivity contribution in [1.82, 2.24) is 4.90 Å². The third kappa shape index (κ3) is 5.50. The minimum atomic E-state index is -4.24. The summed E-state index contributed by atoms with van der Waals surface area (Å²) in [7, 11) is 1.34. The van der Waals surface area contributed by atoms with Crippen LogP contribution in [0.1, 0.15) is 27.0 Å². The van der Waals surface area contributed by atoms with Crippen LogP contribution in [0.15, 0.2) is 6.07 Å². The van der Waals surface area contributed by atoms with E-state index in [0.717, 1.165) is 21.8 Å². The van der Waals surface area contributed by atoms with Crippen molar-refractivity contribution in [3.05, 3.63) is 21.4 Å². The minimum absolute atomic E-state index is 0.0518. The molecular weight excluding hydrogens is 291 g/mol. The number of ether oxygens (including phenoxy) is 1. The Morgan fingerprint density at radius 3 is 2.60 bits per heavy atom. The molecular formula is C13H18F3NO2S. The fourth-order valence-electron chi connectivity index (χ4n) is 1.72. The van der Waals surface area contributed by atoms with Crippen LogP contribution in [-0.2, 0) is 11.2 Å². The number of nitrogens with zero attached hydrogens (tertiary/aromatic N) is 1. The summed E-state index contributed by atoms with van der Waals surface area (Å²) >= 11 is 1.35. The topological polar surface area (TPSA) is 29.5 Å². The van der Waals surface area contributed by atoms with Gasteiger partial charge in [-0.05, 0) is 32.0 Å². The normalized spacial score (nSPS) is 11.9. The largest absolute Gasteiger partial charge is 0.460 e. The van der Waals surface area contributed by atoms with Crippen molar-refractivity contribution >= 4 is 17.3 Å². The lowest BCUT2D eigenvalue weighted by Gasteiger charge is -2.17. The number of alkyl halides is 3. The van der Waals surface area contributed by atoms with Gasteiger partial charge in [-0.1, -0.05) is 6.92 Å². The van der Waals surface area contributed by atoms with E-state index in [-0.39, 0.29) is 13.2 Å². The maximum absolute atomic E-state index is 12.1. The second-order valence-electron chi connectivity index (χ2n) is 4.53. The Hall–Kier alpha value is -1.08. The predicted molar refractivity (Wildman–Crippen MR) is 72.3 cm³/mol. The Labute approximate surface area is 120 Å². The van der Waals surface area contributed by atoms with Crippen molar-refractivity contribution in [3.63, 3.8) is 0 Å². The number of hydrogen-bond acceptors (Lipinski definition) is 4. The second kappa shape index (κ2) is 7.08. The lowest BCUT2D eigenvalue weighted by molar-refractivity contribution is -0.143. The summed E-state index contributed by atoms with van der Waals surface area (Å²) in [4.78, 5) is 14.4. The van der Waals surface area contributed by atoms with E-state index in [1.165, 1.54) is 18.4 Å². The van der Waals surface area contributed by atoms with E-state index in [1.807, 2.05) is 13.8 Å². The van der Waals surface area contributed by atoms with Gasteiger partial charge in [0.05, 0.1) is 6.54 Å². The standard InChI is InChI=1S/C13H18F3NO2S/c1-4-10-7-11(20-9(10)2)12(18)19-6-5-17(3)8-13(14,15)16/h7H,4-6,8H2,1-3H3. The zero-order valence-electron chi connectivity index (χ0n) is 11.7. The van der Waals surface area contributed by atoms with E-state index in [0.29, 0.717) is 4.88 Å². The number of hydrogen-bond donors (Lipinski definition) is 0. The molecule has 1 heterocycles. The first-order valence-electron chi connectivity index (χ1n) is 6.24. The highest BCUT2D eigenvalue weighted by Gasteiger charge is 2.29. The molecule has 0 fully saturated rings. The Kier molecular flexibility index (Phi) is 6.01. The molecule has 0 aromatic carbocycles. The number of carbonyl (C=O) groups excluding carboxylic acids is 1. The van der Waals surface area contributed by atoms with Crippen molar-refractivity contribution in [3.8, 4) is 0 Å². The second-order valence-corrected chi connectivity index (χ2v) is 5.79. The van der Waals surface area contributed by atoms with Crippen LogP contribution in [0.4, 0.5) is 13.2 Å². The molecule has 0 bridgehead atoms. The van der Waals surface area contributed by atoms with Crippen LogP contribution < -0.4 is 0 Å². The van der Waals surface area contributed by atoms with Gasteiger partial charge in [-0.15, -0.1) is 11.3 Å². The third-order valence-electron chi connectivity index (χ3n) is 2.76. The first kappa shape index (κ1) is 17.0. The number of esters is 1. The van der Waals surface area contributed by atoms with Crippen LogP contribution in [0.25, 0.3) is 0 Å². The molecule has 0 unspecified atom stereocenters. The highest BCUT2D eigenvalue weighted by Crippen LogP contribution is 2.22. The summed E-state index contributed by atoms with van der Waals surface area (Å²) in [6.45, 7) is 2.91. The third-order valence-corrected chi connectivity index (χ3v) is 3.83. The summed E-state index contributed by atoms with van der Waals surface area (Å²) in [5, 5.41) is 0. The number of likely N-dealkylation sites (N-methyl/N-ethyl adjacent to an activating group) is 1. The van der Waals surface area contributed by atoms with Crippen LogP contribution in [0.2, 0.25) is 0 Å². The lowest BCUT2D eigenvalue weighted by atomic mass is 10.2. The van der Waals surface area contributed by atoms with E-state index in [1.54, 1.807) is 6.07 Å². The van der Waals surface area contributed by atoms with Gasteiger partial charge in [-0.2, -0.15) is 13.2 Å². The summed E-state index contributed by atoms with van der Waals surface area (Å²) in [6.07, 6.45) is -3.40. The summed E-state index contributed by atoms with van der Waals surface area (Å²) in [5.41, 5.74) is 1.09. The Bertz CT molecular complexity index is 457. The lowest BCUT2D eigenvalue weighted by Crippen LogP contribution is -2.33. The molecule has 7 heteroatoms. The number of thiophene rings is 1. The van der Waals surface area contributed by atoms with Gasteiger partial charge in [0.1, 0.15) is 11.5 Å². The molecule has 0 aliphatic carbocycles. The van der Waals surface area contributed by atoms with Gasteiger partial charge >= 0.3 is 12.1 Å². The SMILES string of the molecule is CCc1cc(C(=O)OCCN(C)CC(F)(F)F)sc1C. The van der Waals surface area contributed by atoms with Gasteiger partial charge in [0, 0.05) is 11.4 Å². The highest BCUT2D eigenvalue weighted by molar-refractivity contribution is 7.14. The van der Waals surface area contributed by atoms with Crippen molar-refractivity contribution in [1.29, 1.82) is 0 Å². The number of halogens is 3. The average Bonchev–Trinajstić information content (AvgIpc) is 2.68. The molecule has 0 saturated carbocycles. The monoisotopic (exact) mass is 309 g/mol. The molecule has 1 aromatic heterocycles. The van der Waals surface area contributed by atoms with E-state index in [4.69, 9.17) is 4.74 Å². The van der Waals surface area contributed by atoms with E-state index in [2.05, 4.69) is 0 Å². The highest BCUT2D eigenvalue weighted by atomic mass is 32.1. The van der Waals surface area contributed by atoms with Gasteiger partial charge in [-0.25, -0.2) is 4.79 Å². The van der Waals surface area contributed by atoms with Gasteiger partial charge in [-0.3, -0.25) is 4.90 Å². The Morgan fingerprint density at radius 2 is 2.10 bits per heavy atom. The van der Waals surface area contributed by atoms with Crippen LogP contribution in [0, 0.1) is 6.92 Å². The average molecular weight is 309 g/mol. The molecule has 1 aromatic rings. The van der Waals surface area contributed by atoms with Gasteiger partial charge in [0.2, 0.25) is 0 Å². The molecule has 0 amide bonds. The summed E-state index contributed by atoms with van der Waals surface area (Å²) < 4.78 is 41.3. The molecule has 0 saturated heterocycles. The van der Waals surface area contributed by atoms with Crippen molar-refractivity contribution in [2.75, 3.05) is 26.7 Å². The molecule has 0 atom stereocenters. The zero-order chi connectivity index (χ0) is 15.3. The molecule has 114 valence electrons. The molecule has 0 N–H and O–H groups in total. The number of carbonyl (C=O) groups is 1. The summed E-state index contributed by atoms with van der Waals surface area (Å²) in [6, 6.07) is 1.78. The van der Waals surface area contributed by atoms with Crippen molar-refractivity contribution < 1.29 is 22.7 Å². The van der Waals surface area contributed by atoms with Crippen LogP contribution in [-0.4, -0.2) is 43.8 Å². The molecule has 1 rings (SSSR count). The zero-order valence-corrected chi connectivity index (χ0v) is 12.5. The Morgan fingerprint density at radius 1 is 1.45 bits per heavy atom. The number of aryl methyl sites for hydroxylation is 2. The Balaban J connectivity index is 2.40. The van der Waals surface area contributed by atoms with E-state index >= 15 is 0 Å². The maximum Gasteiger partial charge on any atom is 0.401 e. The fraction of sp³-hybridized carbons (Fsp3) is 0.615. The van der Waals surface area contributed by atoms with Crippen molar-refractivity contribution in [2.24, 2.45) is 0 Å². The first-order chi connectivity index (χ1) is 9.23. The maximum atomic E-state index is 12.1. The smallest absolute Gasteiger partial charge is 0.401 e. The van der Waals surface area contributed by atoms with Crippen LogP contribution >= 0.6 is 11.3 Å².